The molecule has 1 aromatic heterocycles. The van der Waals surface area contributed by atoms with Gasteiger partial charge in [0.2, 0.25) is 15.0 Å². The van der Waals surface area contributed by atoms with Crippen LogP contribution in [-0.2, 0) is 10.0 Å². The molecule has 34 heavy (non-hydrogen) atoms. The summed E-state index contributed by atoms with van der Waals surface area (Å²) in [4.78, 5) is 12.8. The summed E-state index contributed by atoms with van der Waals surface area (Å²) < 4.78 is 41.3. The second-order valence-electron chi connectivity index (χ2n) is 8.12. The van der Waals surface area contributed by atoms with Gasteiger partial charge in [0.25, 0.3) is 5.91 Å². The van der Waals surface area contributed by atoms with Gasteiger partial charge in [0.1, 0.15) is 10.8 Å². The molecular formula is C24H21FN4O3S2. The van der Waals surface area contributed by atoms with Gasteiger partial charge < -0.3 is 5.32 Å². The first-order chi connectivity index (χ1) is 16.4. The van der Waals surface area contributed by atoms with Crippen LogP contribution in [0.15, 0.2) is 71.6 Å². The van der Waals surface area contributed by atoms with Crippen molar-refractivity contribution < 1.29 is 17.6 Å². The summed E-state index contributed by atoms with van der Waals surface area (Å²) in [5, 5.41) is 13.5. The van der Waals surface area contributed by atoms with Crippen molar-refractivity contribution in [3.05, 3.63) is 82.6 Å². The van der Waals surface area contributed by atoms with Crippen LogP contribution < -0.4 is 5.32 Å². The van der Waals surface area contributed by atoms with Crippen LogP contribution in [0.2, 0.25) is 0 Å². The van der Waals surface area contributed by atoms with Crippen molar-refractivity contribution >= 4 is 43.7 Å². The van der Waals surface area contributed by atoms with Crippen LogP contribution >= 0.6 is 11.3 Å². The predicted molar refractivity (Wildman–Crippen MR) is 129 cm³/mol. The van der Waals surface area contributed by atoms with Gasteiger partial charge in [-0.15, -0.1) is 10.2 Å². The molecule has 0 bridgehead atoms. The average Bonchev–Trinajstić information content (AvgIpc) is 3.36. The van der Waals surface area contributed by atoms with Gasteiger partial charge in [-0.1, -0.05) is 41.7 Å². The minimum Gasteiger partial charge on any atom is -0.320 e. The van der Waals surface area contributed by atoms with E-state index in [1.165, 1.54) is 28.6 Å². The van der Waals surface area contributed by atoms with E-state index in [9.17, 15) is 17.6 Å². The van der Waals surface area contributed by atoms with E-state index < -0.39 is 21.7 Å². The molecule has 1 amide bonds. The van der Waals surface area contributed by atoms with Crippen LogP contribution in [0.3, 0.4) is 0 Å². The summed E-state index contributed by atoms with van der Waals surface area (Å²) >= 11 is 1.15. The molecule has 4 aromatic rings. The number of fused-ring (bicyclic) bond motifs is 1. The third-order valence-electron chi connectivity index (χ3n) is 5.83. The first kappa shape index (κ1) is 22.6. The Bertz CT molecular complexity index is 1450. The van der Waals surface area contributed by atoms with Gasteiger partial charge in [-0.2, -0.15) is 4.31 Å². The van der Waals surface area contributed by atoms with Gasteiger partial charge in [0.05, 0.1) is 4.90 Å². The number of nitrogens with zero attached hydrogens (tertiary/aromatic N) is 3. The lowest BCUT2D eigenvalue weighted by atomic mass is 10.0. The van der Waals surface area contributed by atoms with E-state index >= 15 is 0 Å². The van der Waals surface area contributed by atoms with Gasteiger partial charge in [-0.05, 0) is 60.0 Å². The molecule has 1 atom stereocenters. The lowest BCUT2D eigenvalue weighted by molar-refractivity contribution is 0.102. The molecule has 2 heterocycles. The van der Waals surface area contributed by atoms with Crippen LogP contribution in [0.25, 0.3) is 10.8 Å². The highest BCUT2D eigenvalue weighted by atomic mass is 32.2. The lowest BCUT2D eigenvalue weighted by Crippen LogP contribution is -2.39. The zero-order chi connectivity index (χ0) is 23.7. The van der Waals surface area contributed by atoms with E-state index in [2.05, 4.69) is 15.5 Å². The zero-order valence-corrected chi connectivity index (χ0v) is 19.7. The highest BCUT2D eigenvalue weighted by molar-refractivity contribution is 7.89. The highest BCUT2D eigenvalue weighted by Gasteiger charge is 2.33. The van der Waals surface area contributed by atoms with E-state index in [-0.39, 0.29) is 22.4 Å². The zero-order valence-electron chi connectivity index (χ0n) is 18.0. The summed E-state index contributed by atoms with van der Waals surface area (Å²) in [6, 6.07) is 18.3. The molecule has 3 aromatic carbocycles. The van der Waals surface area contributed by atoms with Crippen LogP contribution in [0.1, 0.15) is 33.6 Å². The van der Waals surface area contributed by atoms with Crippen molar-refractivity contribution in [3.8, 4) is 0 Å². The summed E-state index contributed by atoms with van der Waals surface area (Å²) in [5.74, 6) is -0.975. The predicted octanol–water partition coefficient (Wildman–Crippen LogP) is 4.65. The fourth-order valence-corrected chi connectivity index (χ4v) is 6.47. The fourth-order valence-electron chi connectivity index (χ4n) is 4.05. The number of sulfonamides is 1. The first-order valence-electron chi connectivity index (χ1n) is 10.8. The monoisotopic (exact) mass is 496 g/mol. The smallest absolute Gasteiger partial charge is 0.286 e. The molecule has 0 spiro atoms. The standard InChI is InChI=1S/C24H21FN4O3S2/c25-19-8-10-20(11-9-19)26-22(30)24-28-27-23(33-24)18-6-3-13-29(15-18)34(31,32)21-12-7-16-4-1-2-5-17(16)14-21/h1-2,4-5,7-12,14,18H,3,6,13,15H2,(H,26,30)/t18-/m1/s1. The number of amides is 1. The van der Waals surface area contributed by atoms with Crippen molar-refractivity contribution in [2.75, 3.05) is 18.4 Å². The Hall–Kier alpha value is -3.21. The van der Waals surface area contributed by atoms with Gasteiger partial charge in [-0.3, -0.25) is 4.79 Å². The maximum Gasteiger partial charge on any atom is 0.286 e. The molecule has 0 saturated carbocycles. The van der Waals surface area contributed by atoms with Gasteiger partial charge >= 0.3 is 0 Å². The molecular weight excluding hydrogens is 475 g/mol. The number of anilines is 1. The maximum atomic E-state index is 13.4. The van der Waals surface area contributed by atoms with E-state index in [0.29, 0.717) is 23.7 Å². The highest BCUT2D eigenvalue weighted by Crippen LogP contribution is 2.32. The molecule has 5 rings (SSSR count). The van der Waals surface area contributed by atoms with Crippen molar-refractivity contribution in [3.63, 3.8) is 0 Å². The lowest BCUT2D eigenvalue weighted by Gasteiger charge is -2.30. The normalized spacial score (nSPS) is 17.0. The number of carbonyl (C=O) groups excluding carboxylic acids is 1. The molecule has 1 saturated heterocycles. The van der Waals surface area contributed by atoms with E-state index in [1.807, 2.05) is 30.3 Å². The summed E-state index contributed by atoms with van der Waals surface area (Å²) in [7, 11) is -3.67. The number of nitrogens with one attached hydrogen (secondary N) is 1. The Morgan fingerprint density at radius 1 is 1.03 bits per heavy atom. The molecule has 1 fully saturated rings. The molecule has 0 unspecified atom stereocenters. The molecule has 0 radical (unpaired) electrons. The van der Waals surface area contributed by atoms with Crippen LogP contribution in [0.4, 0.5) is 10.1 Å². The SMILES string of the molecule is O=C(Nc1ccc(F)cc1)c1nnc([C@@H]2CCCN(S(=O)(=O)c3ccc4ccccc4c3)C2)s1. The van der Waals surface area contributed by atoms with E-state index in [4.69, 9.17) is 0 Å². The summed E-state index contributed by atoms with van der Waals surface area (Å²) in [5.41, 5.74) is 0.452. The third kappa shape index (κ3) is 4.56. The minimum absolute atomic E-state index is 0.145. The number of rotatable bonds is 5. The van der Waals surface area contributed by atoms with Crippen molar-refractivity contribution in [1.82, 2.24) is 14.5 Å². The largest absolute Gasteiger partial charge is 0.320 e. The number of halogens is 1. The Morgan fingerprint density at radius 2 is 1.79 bits per heavy atom. The molecule has 10 heteroatoms. The Labute approximate surface area is 200 Å². The molecule has 174 valence electrons. The van der Waals surface area contributed by atoms with Gasteiger partial charge in [0.15, 0.2) is 0 Å². The number of aromatic nitrogens is 2. The Kier molecular flexibility index (Phi) is 6.11. The summed E-state index contributed by atoms with van der Waals surface area (Å²) in [6.07, 6.45) is 1.45. The van der Waals surface area contributed by atoms with Crippen LogP contribution in [0.5, 0.6) is 0 Å². The second kappa shape index (κ2) is 9.21. The topological polar surface area (TPSA) is 92.3 Å². The van der Waals surface area contributed by atoms with Gasteiger partial charge in [0, 0.05) is 24.7 Å². The maximum absolute atomic E-state index is 13.4. The third-order valence-corrected chi connectivity index (χ3v) is 8.77. The first-order valence-corrected chi connectivity index (χ1v) is 13.0. The van der Waals surface area contributed by atoms with Crippen molar-refractivity contribution in [1.29, 1.82) is 0 Å². The Morgan fingerprint density at radius 3 is 2.59 bits per heavy atom. The second-order valence-corrected chi connectivity index (χ2v) is 11.1. The molecule has 1 N–H and O–H groups in total. The molecule has 7 nitrogen and oxygen atoms in total. The molecule has 1 aliphatic heterocycles. The average molecular weight is 497 g/mol. The number of hydrogen-bond donors (Lipinski definition) is 1. The van der Waals surface area contributed by atoms with Crippen molar-refractivity contribution in [2.45, 2.75) is 23.7 Å². The quantitative estimate of drug-likeness (QED) is 0.434. The van der Waals surface area contributed by atoms with Gasteiger partial charge in [-0.25, -0.2) is 12.8 Å². The molecule has 0 aliphatic carbocycles. The van der Waals surface area contributed by atoms with Crippen LogP contribution in [-0.4, -0.2) is 41.9 Å². The number of hydrogen-bond acceptors (Lipinski definition) is 6. The van der Waals surface area contributed by atoms with Crippen molar-refractivity contribution in [2.24, 2.45) is 0 Å². The van der Waals surface area contributed by atoms with Crippen LogP contribution in [0, 0.1) is 5.82 Å². The number of piperidine rings is 1. The number of benzene rings is 3. The number of carbonyl (C=O) groups is 1. The van der Waals surface area contributed by atoms with E-state index in [0.717, 1.165) is 28.5 Å². The van der Waals surface area contributed by atoms with E-state index in [1.54, 1.807) is 12.1 Å². The minimum atomic E-state index is -3.67. The molecule has 1 aliphatic rings. The summed E-state index contributed by atoms with van der Waals surface area (Å²) in [6.45, 7) is 0.714. The fraction of sp³-hybridized carbons (Fsp3) is 0.208. The Balaban J connectivity index is 1.31.